The number of anilines is 1. The number of nitrogens with zero attached hydrogens (tertiary/aromatic N) is 6. The molecule has 9 nitrogen and oxygen atoms in total. The van der Waals surface area contributed by atoms with Crippen molar-refractivity contribution < 1.29 is 27.1 Å². The summed E-state index contributed by atoms with van der Waals surface area (Å²) in [6.45, 7) is 0.626. The zero-order chi connectivity index (χ0) is 27.8. The zero-order valence-corrected chi connectivity index (χ0v) is 20.8. The first-order valence-corrected chi connectivity index (χ1v) is 12.6. The number of fused-ring (bicyclic) bond motifs is 6. The Balaban J connectivity index is 1.27. The Labute approximate surface area is 223 Å². The molecule has 2 N–H and O–H groups in total. The van der Waals surface area contributed by atoms with Crippen LogP contribution in [0.3, 0.4) is 0 Å². The van der Waals surface area contributed by atoms with Gasteiger partial charge in [-0.3, -0.25) is 9.20 Å². The molecular formula is C27H21F4N7O2. The summed E-state index contributed by atoms with van der Waals surface area (Å²) in [7, 11) is 0. The third kappa shape index (κ3) is 3.79. The van der Waals surface area contributed by atoms with Crippen molar-refractivity contribution >= 4 is 28.3 Å². The third-order valence-electron chi connectivity index (χ3n) is 7.59. The van der Waals surface area contributed by atoms with E-state index in [2.05, 4.69) is 15.1 Å². The van der Waals surface area contributed by atoms with Crippen LogP contribution in [0, 0.1) is 5.82 Å². The number of halogens is 4. The van der Waals surface area contributed by atoms with Crippen LogP contribution in [-0.4, -0.2) is 47.6 Å². The lowest BCUT2D eigenvalue weighted by Crippen LogP contribution is -2.48. The molecule has 0 radical (unpaired) electrons. The normalized spacial score (nSPS) is 19.1. The second-order valence-corrected chi connectivity index (χ2v) is 9.93. The number of hydrogen-bond donors (Lipinski definition) is 1. The summed E-state index contributed by atoms with van der Waals surface area (Å²) in [4.78, 5) is 23.9. The second-order valence-electron chi connectivity index (χ2n) is 9.93. The van der Waals surface area contributed by atoms with E-state index in [0.29, 0.717) is 41.5 Å². The topological polar surface area (TPSA) is 104 Å². The molecule has 2 aromatic carbocycles. The molecule has 1 amide bonds. The minimum absolute atomic E-state index is 0.0463. The van der Waals surface area contributed by atoms with Crippen molar-refractivity contribution in [1.82, 2.24) is 29.0 Å². The Morgan fingerprint density at radius 1 is 1.12 bits per heavy atom. The van der Waals surface area contributed by atoms with Gasteiger partial charge in [0.25, 0.3) is 5.91 Å². The standard InChI is InChI=1S/C27H21F4N7O2/c28-18-10-20-21(37-13-33-11-22(37)25(32)34-20)9-17(18)26(39)36-6-1-2-23-24(36)16-4-3-14(8-15(16)12-40-23)19-5-7-38(35-19)27(29,30)31/h3-5,7-11,13,23-24H,1-2,6,12H2,(H2,32,34)/t23-,24-/m0/s1. The maximum Gasteiger partial charge on any atom is 0.504 e. The number of benzene rings is 2. The average Bonchev–Trinajstić information content (AvgIpc) is 3.63. The largest absolute Gasteiger partial charge is 0.504 e. The first-order chi connectivity index (χ1) is 19.2. The van der Waals surface area contributed by atoms with Crippen LogP contribution < -0.4 is 5.73 Å². The molecule has 13 heteroatoms. The van der Waals surface area contributed by atoms with Gasteiger partial charge in [0.2, 0.25) is 0 Å². The highest BCUT2D eigenvalue weighted by Gasteiger charge is 2.41. The van der Waals surface area contributed by atoms with E-state index in [1.54, 1.807) is 33.7 Å². The number of amides is 1. The van der Waals surface area contributed by atoms with Crippen LogP contribution in [0.25, 0.3) is 27.8 Å². The first kappa shape index (κ1) is 24.5. The monoisotopic (exact) mass is 551 g/mol. The summed E-state index contributed by atoms with van der Waals surface area (Å²) < 4.78 is 62.2. The second kappa shape index (κ2) is 8.74. The number of carbonyl (C=O) groups excluding carboxylic acids is 1. The van der Waals surface area contributed by atoms with Crippen molar-refractivity contribution in [3.05, 3.63) is 77.6 Å². The molecular weight excluding hydrogens is 530 g/mol. The molecule has 5 aromatic rings. The fourth-order valence-corrected chi connectivity index (χ4v) is 5.74. The van der Waals surface area contributed by atoms with E-state index in [1.807, 2.05) is 0 Å². The van der Waals surface area contributed by atoms with Crippen LogP contribution in [-0.2, 0) is 17.6 Å². The highest BCUT2D eigenvalue weighted by molar-refractivity contribution is 5.99. The molecule has 5 heterocycles. The van der Waals surface area contributed by atoms with Gasteiger partial charge in [0.05, 0.1) is 53.6 Å². The van der Waals surface area contributed by atoms with E-state index in [-0.39, 0.29) is 34.5 Å². The van der Waals surface area contributed by atoms with Gasteiger partial charge in [0.1, 0.15) is 17.2 Å². The van der Waals surface area contributed by atoms with Crippen molar-refractivity contribution in [3.8, 4) is 11.3 Å². The number of rotatable bonds is 2. The minimum atomic E-state index is -4.61. The third-order valence-corrected chi connectivity index (χ3v) is 7.59. The van der Waals surface area contributed by atoms with Crippen molar-refractivity contribution in [3.63, 3.8) is 0 Å². The van der Waals surface area contributed by atoms with E-state index in [0.717, 1.165) is 17.3 Å². The van der Waals surface area contributed by atoms with E-state index >= 15 is 4.39 Å². The number of alkyl halides is 3. The number of nitrogen functional groups attached to an aromatic ring is 1. The Kier molecular flexibility index (Phi) is 5.36. The van der Waals surface area contributed by atoms with Gasteiger partial charge in [-0.15, -0.1) is 13.2 Å². The maximum atomic E-state index is 15.4. The van der Waals surface area contributed by atoms with Gasteiger partial charge in [0, 0.05) is 24.4 Å². The molecule has 2 atom stereocenters. The molecule has 204 valence electrons. The Morgan fingerprint density at radius 3 is 2.77 bits per heavy atom. The predicted octanol–water partition coefficient (Wildman–Crippen LogP) is 4.82. The summed E-state index contributed by atoms with van der Waals surface area (Å²) in [6, 6.07) is 8.67. The summed E-state index contributed by atoms with van der Waals surface area (Å²) in [6.07, 6.45) is 0.405. The fourth-order valence-electron chi connectivity index (χ4n) is 5.74. The maximum absolute atomic E-state index is 15.4. The van der Waals surface area contributed by atoms with Crippen LogP contribution >= 0.6 is 0 Å². The van der Waals surface area contributed by atoms with E-state index in [1.165, 1.54) is 24.5 Å². The summed E-state index contributed by atoms with van der Waals surface area (Å²) in [5.41, 5.74) is 9.40. The first-order valence-electron chi connectivity index (χ1n) is 12.6. The predicted molar refractivity (Wildman–Crippen MR) is 135 cm³/mol. The fraction of sp³-hybridized carbons (Fsp3) is 0.259. The van der Waals surface area contributed by atoms with Crippen LogP contribution in [0.5, 0.6) is 0 Å². The van der Waals surface area contributed by atoms with Gasteiger partial charge in [-0.2, -0.15) is 9.78 Å². The number of imidazole rings is 1. The number of piperidine rings is 1. The number of carbonyl (C=O) groups is 1. The van der Waals surface area contributed by atoms with Gasteiger partial charge in [-0.25, -0.2) is 14.4 Å². The van der Waals surface area contributed by atoms with E-state index in [4.69, 9.17) is 10.5 Å². The van der Waals surface area contributed by atoms with Crippen molar-refractivity contribution in [2.24, 2.45) is 0 Å². The Hall–Kier alpha value is -4.52. The molecule has 40 heavy (non-hydrogen) atoms. The lowest BCUT2D eigenvalue weighted by molar-refractivity contribution is -0.212. The van der Waals surface area contributed by atoms with Gasteiger partial charge >= 0.3 is 6.30 Å². The molecule has 2 aliphatic heterocycles. The van der Waals surface area contributed by atoms with Crippen LogP contribution in [0.15, 0.2) is 55.1 Å². The van der Waals surface area contributed by atoms with Gasteiger partial charge < -0.3 is 15.4 Å². The number of aromatic nitrogens is 5. The number of likely N-dealkylation sites (tertiary alicyclic amines) is 1. The van der Waals surface area contributed by atoms with Gasteiger partial charge in [-0.1, -0.05) is 12.1 Å². The van der Waals surface area contributed by atoms with E-state index in [9.17, 15) is 18.0 Å². The number of ether oxygens (including phenoxy) is 1. The molecule has 3 aromatic heterocycles. The van der Waals surface area contributed by atoms with Crippen LogP contribution in [0.1, 0.15) is 40.4 Å². The number of hydrogen-bond acceptors (Lipinski definition) is 6. The summed E-state index contributed by atoms with van der Waals surface area (Å²) >= 11 is 0. The molecule has 7 rings (SSSR count). The smallest absolute Gasteiger partial charge is 0.382 e. The summed E-state index contributed by atoms with van der Waals surface area (Å²) in [5.74, 6) is -1.02. The SMILES string of the molecule is Nc1nc2cc(F)c(C(=O)N3CCC[C@@H]4OCc5cc(-c6ccn(C(F)(F)F)n6)ccc5[C@@H]43)cc2n2cncc12. The molecule has 0 bridgehead atoms. The lowest BCUT2D eigenvalue weighted by Gasteiger charge is -2.44. The molecule has 2 aliphatic rings. The molecule has 1 saturated heterocycles. The molecule has 0 spiro atoms. The molecule has 0 unspecified atom stereocenters. The van der Waals surface area contributed by atoms with Crippen molar-refractivity contribution in [2.45, 2.75) is 37.9 Å². The minimum Gasteiger partial charge on any atom is -0.382 e. The Bertz CT molecular complexity index is 1810. The Morgan fingerprint density at radius 2 is 1.98 bits per heavy atom. The molecule has 0 saturated carbocycles. The van der Waals surface area contributed by atoms with Gasteiger partial charge in [-0.05, 0) is 42.2 Å². The lowest BCUT2D eigenvalue weighted by atomic mass is 9.86. The molecule has 1 fully saturated rings. The van der Waals surface area contributed by atoms with Crippen molar-refractivity contribution in [1.29, 1.82) is 0 Å². The highest BCUT2D eigenvalue weighted by atomic mass is 19.4. The number of nitrogens with two attached hydrogens (primary N) is 1. The zero-order valence-electron chi connectivity index (χ0n) is 20.8. The van der Waals surface area contributed by atoms with E-state index < -0.39 is 24.1 Å². The van der Waals surface area contributed by atoms with Crippen LogP contribution in [0.2, 0.25) is 0 Å². The average molecular weight is 552 g/mol. The summed E-state index contributed by atoms with van der Waals surface area (Å²) in [5, 5.41) is 3.65. The quantitative estimate of drug-likeness (QED) is 0.316. The van der Waals surface area contributed by atoms with Crippen LogP contribution in [0.4, 0.5) is 23.4 Å². The highest BCUT2D eigenvalue weighted by Crippen LogP contribution is 2.41. The molecule has 0 aliphatic carbocycles. The van der Waals surface area contributed by atoms with Crippen molar-refractivity contribution in [2.75, 3.05) is 12.3 Å². The van der Waals surface area contributed by atoms with Gasteiger partial charge in [0.15, 0.2) is 0 Å².